The predicted octanol–water partition coefficient (Wildman–Crippen LogP) is 3.57. The van der Waals surface area contributed by atoms with Crippen molar-refractivity contribution in [3.8, 4) is 0 Å². The quantitative estimate of drug-likeness (QED) is 0.889. The van der Waals surface area contributed by atoms with Crippen LogP contribution in [-0.4, -0.2) is 11.0 Å². The minimum absolute atomic E-state index is 0.184. The number of hydrogen-bond acceptors (Lipinski definition) is 2. The zero-order valence-corrected chi connectivity index (χ0v) is 10.7. The van der Waals surface area contributed by atoms with Crippen molar-refractivity contribution in [3.05, 3.63) is 59.7 Å². The third kappa shape index (κ3) is 3.55. The van der Waals surface area contributed by atoms with Gasteiger partial charge in [0.2, 0.25) is 0 Å². The molecule has 2 aromatic rings. The van der Waals surface area contributed by atoms with E-state index in [0.29, 0.717) is 0 Å². The molecule has 0 aliphatic carbocycles. The average Bonchev–Trinajstić information content (AvgIpc) is 2.32. The fourth-order valence-corrected chi connectivity index (χ4v) is 1.91. The van der Waals surface area contributed by atoms with E-state index in [1.807, 2.05) is 31.3 Å². The molecule has 1 heterocycles. The molecule has 0 saturated carbocycles. The van der Waals surface area contributed by atoms with E-state index in [0.717, 1.165) is 23.4 Å². The van der Waals surface area contributed by atoms with Crippen LogP contribution in [0.3, 0.4) is 0 Å². The maximum Gasteiger partial charge on any atom is 0.123 e. The van der Waals surface area contributed by atoms with Gasteiger partial charge in [-0.05, 0) is 50.1 Å². The smallest absolute Gasteiger partial charge is 0.123 e. The minimum atomic E-state index is -0.184. The van der Waals surface area contributed by atoms with Gasteiger partial charge in [-0.3, -0.25) is 4.98 Å². The Hall–Kier alpha value is -1.90. The van der Waals surface area contributed by atoms with Crippen molar-refractivity contribution in [2.75, 3.05) is 5.32 Å². The molecule has 0 bridgehead atoms. The Morgan fingerprint density at radius 2 is 2.11 bits per heavy atom. The molecule has 3 heteroatoms. The lowest BCUT2D eigenvalue weighted by molar-refractivity contribution is 0.624. The standard InChI is InChI=1S/C15H17FN2/c1-11-6-7-15(10-17-11)18-12(2)8-13-4-3-5-14(16)9-13/h3-7,9-10,12,18H,8H2,1-2H3. The highest BCUT2D eigenvalue weighted by Crippen LogP contribution is 2.11. The summed E-state index contributed by atoms with van der Waals surface area (Å²) in [5.74, 6) is -0.184. The third-order valence-electron chi connectivity index (χ3n) is 2.76. The van der Waals surface area contributed by atoms with Gasteiger partial charge in [0.25, 0.3) is 0 Å². The SMILES string of the molecule is Cc1ccc(NC(C)Cc2cccc(F)c2)cn1. The van der Waals surface area contributed by atoms with Crippen LogP contribution in [-0.2, 0) is 6.42 Å². The molecule has 0 saturated heterocycles. The summed E-state index contributed by atoms with van der Waals surface area (Å²) in [6, 6.07) is 10.9. The second-order valence-corrected chi connectivity index (χ2v) is 4.57. The van der Waals surface area contributed by atoms with Crippen LogP contribution >= 0.6 is 0 Å². The summed E-state index contributed by atoms with van der Waals surface area (Å²) in [6.07, 6.45) is 2.60. The first-order valence-electron chi connectivity index (χ1n) is 6.07. The maximum absolute atomic E-state index is 13.1. The Morgan fingerprint density at radius 1 is 1.28 bits per heavy atom. The Morgan fingerprint density at radius 3 is 2.78 bits per heavy atom. The molecule has 1 unspecified atom stereocenters. The molecule has 2 nitrogen and oxygen atoms in total. The van der Waals surface area contributed by atoms with Gasteiger partial charge in [-0.15, -0.1) is 0 Å². The summed E-state index contributed by atoms with van der Waals surface area (Å²) in [5, 5.41) is 3.35. The number of benzene rings is 1. The molecule has 0 aliphatic rings. The highest BCUT2D eigenvalue weighted by molar-refractivity contribution is 5.42. The number of pyridine rings is 1. The minimum Gasteiger partial charge on any atom is -0.381 e. The van der Waals surface area contributed by atoms with Gasteiger partial charge < -0.3 is 5.32 Å². The molecule has 0 spiro atoms. The number of rotatable bonds is 4. The van der Waals surface area contributed by atoms with Gasteiger partial charge in [-0.2, -0.15) is 0 Å². The molecule has 0 aliphatic heterocycles. The fourth-order valence-electron chi connectivity index (χ4n) is 1.91. The number of hydrogen-bond donors (Lipinski definition) is 1. The molecule has 1 atom stereocenters. The Balaban J connectivity index is 1.96. The molecule has 18 heavy (non-hydrogen) atoms. The van der Waals surface area contributed by atoms with Crippen LogP contribution in [0.1, 0.15) is 18.2 Å². The highest BCUT2D eigenvalue weighted by atomic mass is 19.1. The van der Waals surface area contributed by atoms with Crippen molar-refractivity contribution >= 4 is 5.69 Å². The molecule has 2 rings (SSSR count). The normalized spacial score (nSPS) is 12.2. The van der Waals surface area contributed by atoms with E-state index in [9.17, 15) is 4.39 Å². The summed E-state index contributed by atoms with van der Waals surface area (Å²) >= 11 is 0. The first-order valence-corrected chi connectivity index (χ1v) is 6.07. The lowest BCUT2D eigenvalue weighted by Crippen LogP contribution is -2.18. The van der Waals surface area contributed by atoms with Gasteiger partial charge in [0.15, 0.2) is 0 Å². The topological polar surface area (TPSA) is 24.9 Å². The van der Waals surface area contributed by atoms with Crippen LogP contribution in [0.5, 0.6) is 0 Å². The van der Waals surface area contributed by atoms with Gasteiger partial charge in [0.1, 0.15) is 5.82 Å². The number of nitrogens with one attached hydrogen (secondary N) is 1. The predicted molar refractivity (Wildman–Crippen MR) is 72.2 cm³/mol. The second-order valence-electron chi connectivity index (χ2n) is 4.57. The van der Waals surface area contributed by atoms with Crippen molar-refractivity contribution in [2.45, 2.75) is 26.3 Å². The van der Waals surface area contributed by atoms with Crippen LogP contribution < -0.4 is 5.32 Å². The fraction of sp³-hybridized carbons (Fsp3) is 0.267. The largest absolute Gasteiger partial charge is 0.381 e. The zero-order chi connectivity index (χ0) is 13.0. The van der Waals surface area contributed by atoms with Crippen molar-refractivity contribution in [3.63, 3.8) is 0 Å². The van der Waals surface area contributed by atoms with Crippen molar-refractivity contribution in [1.82, 2.24) is 4.98 Å². The van der Waals surface area contributed by atoms with E-state index < -0.39 is 0 Å². The van der Waals surface area contributed by atoms with Crippen LogP contribution in [0.25, 0.3) is 0 Å². The van der Waals surface area contributed by atoms with Crippen LogP contribution in [0.2, 0.25) is 0 Å². The van der Waals surface area contributed by atoms with E-state index >= 15 is 0 Å². The lowest BCUT2D eigenvalue weighted by Gasteiger charge is -2.15. The molecule has 1 N–H and O–H groups in total. The van der Waals surface area contributed by atoms with E-state index in [4.69, 9.17) is 0 Å². The molecule has 1 aromatic carbocycles. The summed E-state index contributed by atoms with van der Waals surface area (Å²) in [4.78, 5) is 4.23. The summed E-state index contributed by atoms with van der Waals surface area (Å²) in [5.41, 5.74) is 2.98. The summed E-state index contributed by atoms with van der Waals surface area (Å²) < 4.78 is 13.1. The second kappa shape index (κ2) is 5.63. The molecule has 0 radical (unpaired) electrons. The van der Waals surface area contributed by atoms with Crippen LogP contribution in [0.4, 0.5) is 10.1 Å². The van der Waals surface area contributed by atoms with Gasteiger partial charge in [-0.1, -0.05) is 12.1 Å². The van der Waals surface area contributed by atoms with Crippen molar-refractivity contribution in [1.29, 1.82) is 0 Å². The lowest BCUT2D eigenvalue weighted by atomic mass is 10.1. The van der Waals surface area contributed by atoms with Crippen LogP contribution in [0.15, 0.2) is 42.6 Å². The van der Waals surface area contributed by atoms with E-state index in [1.165, 1.54) is 6.07 Å². The van der Waals surface area contributed by atoms with Crippen molar-refractivity contribution < 1.29 is 4.39 Å². The van der Waals surface area contributed by atoms with Gasteiger partial charge in [0.05, 0.1) is 11.9 Å². The highest BCUT2D eigenvalue weighted by Gasteiger charge is 2.04. The van der Waals surface area contributed by atoms with E-state index in [2.05, 4.69) is 17.2 Å². The number of aromatic nitrogens is 1. The number of halogens is 1. The third-order valence-corrected chi connectivity index (χ3v) is 2.76. The monoisotopic (exact) mass is 244 g/mol. The average molecular weight is 244 g/mol. The molecular weight excluding hydrogens is 227 g/mol. The maximum atomic E-state index is 13.1. The Bertz CT molecular complexity index is 508. The molecule has 0 amide bonds. The molecular formula is C15H17FN2. The van der Waals surface area contributed by atoms with Gasteiger partial charge >= 0.3 is 0 Å². The summed E-state index contributed by atoms with van der Waals surface area (Å²) in [6.45, 7) is 4.03. The van der Waals surface area contributed by atoms with Crippen LogP contribution in [0, 0.1) is 12.7 Å². The Labute approximate surface area is 107 Å². The van der Waals surface area contributed by atoms with E-state index in [1.54, 1.807) is 12.1 Å². The van der Waals surface area contributed by atoms with Crippen molar-refractivity contribution in [2.24, 2.45) is 0 Å². The van der Waals surface area contributed by atoms with Gasteiger partial charge in [-0.25, -0.2) is 4.39 Å². The first kappa shape index (κ1) is 12.6. The van der Waals surface area contributed by atoms with E-state index in [-0.39, 0.29) is 11.9 Å². The molecule has 0 fully saturated rings. The number of aryl methyl sites for hydroxylation is 1. The Kier molecular flexibility index (Phi) is 3.92. The summed E-state index contributed by atoms with van der Waals surface area (Å²) in [7, 11) is 0. The zero-order valence-electron chi connectivity index (χ0n) is 10.7. The first-order chi connectivity index (χ1) is 8.63. The van der Waals surface area contributed by atoms with Gasteiger partial charge in [0, 0.05) is 11.7 Å². The number of anilines is 1. The molecule has 94 valence electrons. The number of nitrogens with zero attached hydrogens (tertiary/aromatic N) is 1. The molecule has 1 aromatic heterocycles.